The topological polar surface area (TPSA) is 107 Å². The maximum Gasteiger partial charge on any atom is 0.273 e. The number of carbonyl (C=O) groups excluding carboxylic acids is 1. The Hall–Kier alpha value is -2.19. The standard InChI is InChI=1S/C11H12N4O3S/c1-15-7-13-6-9(15)11(16)14-8-4-2-3-5-10(8)19(12,17)18/h2-7H,1H3,(H,14,16)(H2,12,17,18). The quantitative estimate of drug-likeness (QED) is 0.844. The van der Waals surface area contributed by atoms with Crippen molar-refractivity contribution in [1.82, 2.24) is 9.55 Å². The molecule has 0 unspecified atom stereocenters. The van der Waals surface area contributed by atoms with Crippen molar-refractivity contribution in [1.29, 1.82) is 0 Å². The molecule has 0 radical (unpaired) electrons. The first-order chi connectivity index (χ1) is 8.89. The van der Waals surface area contributed by atoms with Gasteiger partial charge in [-0.1, -0.05) is 12.1 Å². The lowest BCUT2D eigenvalue weighted by molar-refractivity contribution is 0.101. The summed E-state index contributed by atoms with van der Waals surface area (Å²) in [7, 11) is -2.23. The van der Waals surface area contributed by atoms with E-state index in [1.165, 1.54) is 35.3 Å². The van der Waals surface area contributed by atoms with Crippen LogP contribution in [-0.4, -0.2) is 23.9 Å². The first-order valence-corrected chi connectivity index (χ1v) is 6.84. The molecule has 1 aromatic carbocycles. The molecule has 8 heteroatoms. The molecule has 1 heterocycles. The maximum atomic E-state index is 12.0. The normalized spacial score (nSPS) is 11.3. The first-order valence-electron chi connectivity index (χ1n) is 5.29. The van der Waals surface area contributed by atoms with Crippen LogP contribution in [-0.2, 0) is 17.1 Å². The van der Waals surface area contributed by atoms with E-state index < -0.39 is 15.9 Å². The Bertz CT molecular complexity index is 721. The molecular weight excluding hydrogens is 268 g/mol. The highest BCUT2D eigenvalue weighted by Crippen LogP contribution is 2.19. The zero-order chi connectivity index (χ0) is 14.0. The molecular formula is C11H12N4O3S. The van der Waals surface area contributed by atoms with Crippen LogP contribution in [0.4, 0.5) is 5.69 Å². The van der Waals surface area contributed by atoms with E-state index in [2.05, 4.69) is 10.3 Å². The number of carbonyl (C=O) groups is 1. The number of benzene rings is 1. The summed E-state index contributed by atoms with van der Waals surface area (Å²) in [5, 5.41) is 7.59. The fourth-order valence-corrected chi connectivity index (χ4v) is 2.27. The average Bonchev–Trinajstić information content (AvgIpc) is 2.75. The van der Waals surface area contributed by atoms with Crippen molar-refractivity contribution in [3.8, 4) is 0 Å². The van der Waals surface area contributed by atoms with Gasteiger partial charge in [0.2, 0.25) is 10.0 Å². The molecule has 0 bridgehead atoms. The van der Waals surface area contributed by atoms with E-state index in [1.54, 1.807) is 13.1 Å². The van der Waals surface area contributed by atoms with Gasteiger partial charge in [-0.3, -0.25) is 4.79 Å². The van der Waals surface area contributed by atoms with Crippen LogP contribution in [0, 0.1) is 0 Å². The fraction of sp³-hybridized carbons (Fsp3) is 0.0909. The molecule has 1 aromatic heterocycles. The van der Waals surface area contributed by atoms with Gasteiger partial charge in [0, 0.05) is 7.05 Å². The van der Waals surface area contributed by atoms with Gasteiger partial charge in [0.1, 0.15) is 10.6 Å². The van der Waals surface area contributed by atoms with Gasteiger partial charge in [-0.05, 0) is 12.1 Å². The molecule has 0 aliphatic rings. The van der Waals surface area contributed by atoms with E-state index in [0.717, 1.165) is 0 Å². The lowest BCUT2D eigenvalue weighted by Crippen LogP contribution is -2.19. The minimum atomic E-state index is -3.90. The second-order valence-electron chi connectivity index (χ2n) is 3.89. The summed E-state index contributed by atoms with van der Waals surface area (Å²) in [5.41, 5.74) is 0.445. The first kappa shape index (κ1) is 13.2. The SMILES string of the molecule is Cn1cncc1C(=O)Nc1ccccc1S(N)(=O)=O. The molecule has 0 fully saturated rings. The number of amides is 1. The van der Waals surface area contributed by atoms with Gasteiger partial charge < -0.3 is 9.88 Å². The fourth-order valence-electron chi connectivity index (χ4n) is 1.58. The largest absolute Gasteiger partial charge is 0.330 e. The number of para-hydroxylation sites is 1. The molecule has 1 amide bonds. The summed E-state index contributed by atoms with van der Waals surface area (Å²) in [6.45, 7) is 0. The van der Waals surface area contributed by atoms with E-state index in [0.29, 0.717) is 5.69 Å². The molecule has 19 heavy (non-hydrogen) atoms. The minimum Gasteiger partial charge on any atom is -0.330 e. The molecule has 100 valence electrons. The van der Waals surface area contributed by atoms with E-state index >= 15 is 0 Å². The number of nitrogens with one attached hydrogen (secondary N) is 1. The minimum absolute atomic E-state index is 0.134. The third-order valence-electron chi connectivity index (χ3n) is 2.49. The highest BCUT2D eigenvalue weighted by Gasteiger charge is 2.17. The van der Waals surface area contributed by atoms with Gasteiger partial charge >= 0.3 is 0 Å². The predicted molar refractivity (Wildman–Crippen MR) is 69.0 cm³/mol. The Morgan fingerprint density at radius 3 is 2.63 bits per heavy atom. The molecule has 0 saturated heterocycles. The maximum absolute atomic E-state index is 12.0. The predicted octanol–water partition coefficient (Wildman–Crippen LogP) is 0.320. The number of imidazole rings is 1. The number of aryl methyl sites for hydroxylation is 1. The van der Waals surface area contributed by atoms with Crippen molar-refractivity contribution in [2.45, 2.75) is 4.90 Å². The molecule has 0 aliphatic carbocycles. The number of hydrogen-bond acceptors (Lipinski definition) is 4. The summed E-state index contributed by atoms with van der Waals surface area (Å²) in [6, 6.07) is 5.93. The second kappa shape index (κ2) is 4.82. The molecule has 0 spiro atoms. The van der Waals surface area contributed by atoms with Crippen LogP contribution in [0.1, 0.15) is 10.5 Å². The van der Waals surface area contributed by atoms with Crippen molar-refractivity contribution in [3.05, 3.63) is 42.5 Å². The number of sulfonamides is 1. The summed E-state index contributed by atoms with van der Waals surface area (Å²) in [5.74, 6) is -0.462. The van der Waals surface area contributed by atoms with Crippen LogP contribution < -0.4 is 10.5 Å². The number of rotatable bonds is 3. The van der Waals surface area contributed by atoms with Gasteiger partial charge in [0.25, 0.3) is 5.91 Å². The molecule has 2 rings (SSSR count). The van der Waals surface area contributed by atoms with Gasteiger partial charge in [-0.25, -0.2) is 18.5 Å². The summed E-state index contributed by atoms with van der Waals surface area (Å²) >= 11 is 0. The van der Waals surface area contributed by atoms with Gasteiger partial charge in [-0.15, -0.1) is 0 Å². The van der Waals surface area contributed by atoms with Crippen molar-refractivity contribution >= 4 is 21.6 Å². The third-order valence-corrected chi connectivity index (χ3v) is 3.46. The van der Waals surface area contributed by atoms with Gasteiger partial charge in [-0.2, -0.15) is 0 Å². The Morgan fingerprint density at radius 2 is 2.05 bits per heavy atom. The van der Waals surface area contributed by atoms with Crippen molar-refractivity contribution in [3.63, 3.8) is 0 Å². The molecule has 7 nitrogen and oxygen atoms in total. The summed E-state index contributed by atoms with van der Waals surface area (Å²) < 4.78 is 24.3. The van der Waals surface area contributed by atoms with Crippen LogP contribution in [0.2, 0.25) is 0 Å². The Kier molecular flexibility index (Phi) is 3.36. The summed E-state index contributed by atoms with van der Waals surface area (Å²) in [4.78, 5) is 15.6. The van der Waals surface area contributed by atoms with Crippen LogP contribution in [0.3, 0.4) is 0 Å². The van der Waals surface area contributed by atoms with Crippen molar-refractivity contribution in [2.24, 2.45) is 12.2 Å². The van der Waals surface area contributed by atoms with Crippen molar-refractivity contribution in [2.75, 3.05) is 5.32 Å². The monoisotopic (exact) mass is 280 g/mol. The van der Waals surface area contributed by atoms with Crippen molar-refractivity contribution < 1.29 is 13.2 Å². The molecule has 3 N–H and O–H groups in total. The molecule has 2 aromatic rings. The van der Waals surface area contributed by atoms with E-state index in [4.69, 9.17) is 5.14 Å². The van der Waals surface area contributed by atoms with Crippen LogP contribution in [0.25, 0.3) is 0 Å². The zero-order valence-electron chi connectivity index (χ0n) is 10.1. The molecule has 0 saturated carbocycles. The Labute approximate surface area is 110 Å². The van der Waals surface area contributed by atoms with Crippen LogP contribution in [0.15, 0.2) is 41.7 Å². The Balaban J connectivity index is 2.35. The number of primary sulfonamides is 1. The smallest absolute Gasteiger partial charge is 0.273 e. The number of aromatic nitrogens is 2. The molecule has 0 aliphatic heterocycles. The number of nitrogens with two attached hydrogens (primary N) is 1. The number of hydrogen-bond donors (Lipinski definition) is 2. The van der Waals surface area contributed by atoms with E-state index in [9.17, 15) is 13.2 Å². The second-order valence-corrected chi connectivity index (χ2v) is 5.41. The highest BCUT2D eigenvalue weighted by molar-refractivity contribution is 7.89. The van der Waals surface area contributed by atoms with Crippen LogP contribution in [0.5, 0.6) is 0 Å². The van der Waals surface area contributed by atoms with Gasteiger partial charge in [0.15, 0.2) is 0 Å². The number of nitrogens with zero attached hydrogens (tertiary/aromatic N) is 2. The number of anilines is 1. The molecule has 0 atom stereocenters. The average molecular weight is 280 g/mol. The van der Waals surface area contributed by atoms with E-state index in [-0.39, 0.29) is 10.6 Å². The zero-order valence-corrected chi connectivity index (χ0v) is 10.9. The summed E-state index contributed by atoms with van der Waals surface area (Å²) in [6.07, 6.45) is 2.86. The highest BCUT2D eigenvalue weighted by atomic mass is 32.2. The lowest BCUT2D eigenvalue weighted by atomic mass is 10.3. The lowest BCUT2D eigenvalue weighted by Gasteiger charge is -2.09. The third kappa shape index (κ3) is 2.80. The Morgan fingerprint density at radius 1 is 1.37 bits per heavy atom. The van der Waals surface area contributed by atoms with Gasteiger partial charge in [0.05, 0.1) is 18.2 Å². The van der Waals surface area contributed by atoms with Crippen LogP contribution >= 0.6 is 0 Å². The van der Waals surface area contributed by atoms with E-state index in [1.807, 2.05) is 0 Å².